The van der Waals surface area contributed by atoms with E-state index >= 15 is 0 Å². The monoisotopic (exact) mass is 655 g/mol. The lowest BCUT2D eigenvalue weighted by Crippen LogP contribution is -2.48. The molecule has 1 atom stereocenters. The molecule has 3 aromatic carbocycles. The molecule has 4 aromatic rings. The number of unbranched alkanes of at least 4 members (excludes halogenated alkanes) is 1. The van der Waals surface area contributed by atoms with Crippen LogP contribution in [0.4, 0.5) is 13.2 Å². The highest BCUT2D eigenvalue weighted by Crippen LogP contribution is 2.33. The van der Waals surface area contributed by atoms with Gasteiger partial charge in [0.25, 0.3) is 21.8 Å². The smallest absolute Gasteiger partial charge is 0.370 e. The second kappa shape index (κ2) is 14.3. The lowest BCUT2D eigenvalue weighted by atomic mass is 10.1. The van der Waals surface area contributed by atoms with Crippen LogP contribution >= 0.6 is 0 Å². The number of aromatic nitrogens is 2. The minimum Gasteiger partial charge on any atom is -0.370 e. The van der Waals surface area contributed by atoms with Crippen LogP contribution in [0.2, 0.25) is 0 Å². The lowest BCUT2D eigenvalue weighted by Gasteiger charge is -2.19. The predicted molar refractivity (Wildman–Crippen MR) is 166 cm³/mol. The number of rotatable bonds is 12. The van der Waals surface area contributed by atoms with E-state index < -0.39 is 39.7 Å². The Morgan fingerprint density at radius 2 is 1.61 bits per heavy atom. The largest absolute Gasteiger partial charge is 0.435 e. The van der Waals surface area contributed by atoms with E-state index in [2.05, 4.69) is 15.4 Å². The number of carbonyl (C=O) groups is 2. The Kier molecular flexibility index (Phi) is 10.5. The highest BCUT2D eigenvalue weighted by molar-refractivity contribution is 7.90. The minimum absolute atomic E-state index is 0.0848. The Labute approximate surface area is 263 Å². The summed E-state index contributed by atoms with van der Waals surface area (Å²) in [6, 6.07) is 19.4. The molecule has 4 rings (SSSR count). The Morgan fingerprint density at radius 1 is 0.957 bits per heavy atom. The van der Waals surface area contributed by atoms with E-state index in [1.165, 1.54) is 12.1 Å². The highest BCUT2D eigenvalue weighted by Gasteiger charge is 2.35. The molecule has 15 heteroatoms. The van der Waals surface area contributed by atoms with Gasteiger partial charge in [0, 0.05) is 17.7 Å². The van der Waals surface area contributed by atoms with Crippen LogP contribution in [0.3, 0.4) is 0 Å². The molecule has 1 heterocycles. The van der Waals surface area contributed by atoms with Gasteiger partial charge in [-0.25, -0.2) is 17.8 Å². The average Bonchev–Trinajstić information content (AvgIpc) is 3.47. The molecule has 0 saturated carbocycles. The molecule has 1 aromatic heterocycles. The van der Waals surface area contributed by atoms with Crippen molar-refractivity contribution < 1.29 is 31.2 Å². The SMILES string of the molecule is Cc1ccc(-c2cc(C(F)(F)F)nn2-c2ccc(S(=O)(=O)NC(=O)[C@H](CCCCN=C(N)N)NC(=O)c3ccccc3)cc2)cc1. The molecule has 6 N–H and O–H groups in total. The van der Waals surface area contributed by atoms with E-state index in [0.717, 1.165) is 28.4 Å². The van der Waals surface area contributed by atoms with E-state index in [9.17, 15) is 31.2 Å². The third-order valence-corrected chi connectivity index (χ3v) is 8.19. The highest BCUT2D eigenvalue weighted by atomic mass is 32.2. The number of hydrogen-bond donors (Lipinski definition) is 4. The van der Waals surface area contributed by atoms with Gasteiger partial charge >= 0.3 is 6.18 Å². The summed E-state index contributed by atoms with van der Waals surface area (Å²) >= 11 is 0. The Hall–Kier alpha value is -5.18. The number of sulfonamides is 1. The topological polar surface area (TPSA) is 175 Å². The van der Waals surface area contributed by atoms with Gasteiger partial charge in [-0.15, -0.1) is 0 Å². The molecule has 2 amide bonds. The van der Waals surface area contributed by atoms with Crippen LogP contribution in [0.25, 0.3) is 16.9 Å². The maximum absolute atomic E-state index is 13.6. The van der Waals surface area contributed by atoms with Crippen molar-refractivity contribution in [2.24, 2.45) is 16.5 Å². The van der Waals surface area contributed by atoms with Crippen molar-refractivity contribution >= 4 is 27.8 Å². The zero-order chi connectivity index (χ0) is 33.5. The summed E-state index contributed by atoms with van der Waals surface area (Å²) in [4.78, 5) is 29.5. The summed E-state index contributed by atoms with van der Waals surface area (Å²) in [5.41, 5.74) is 11.5. The number of alkyl halides is 3. The van der Waals surface area contributed by atoms with Crippen molar-refractivity contribution in [2.75, 3.05) is 6.54 Å². The zero-order valence-corrected chi connectivity index (χ0v) is 25.5. The number of amides is 2. The fraction of sp³-hybridized carbons (Fsp3) is 0.226. The first-order valence-corrected chi connectivity index (χ1v) is 15.6. The number of aryl methyl sites for hydroxylation is 1. The number of guanidine groups is 1. The predicted octanol–water partition coefficient (Wildman–Crippen LogP) is 3.91. The molecule has 0 aliphatic carbocycles. The van der Waals surface area contributed by atoms with E-state index in [1.807, 2.05) is 11.6 Å². The van der Waals surface area contributed by atoms with Crippen molar-refractivity contribution in [1.82, 2.24) is 19.8 Å². The first kappa shape index (κ1) is 33.7. The normalized spacial score (nSPS) is 12.3. The first-order chi connectivity index (χ1) is 21.7. The van der Waals surface area contributed by atoms with Crippen molar-refractivity contribution in [1.29, 1.82) is 0 Å². The maximum atomic E-state index is 13.6. The summed E-state index contributed by atoms with van der Waals surface area (Å²) in [5.74, 6) is -1.64. The van der Waals surface area contributed by atoms with Crippen molar-refractivity contribution in [3.8, 4) is 16.9 Å². The maximum Gasteiger partial charge on any atom is 0.435 e. The van der Waals surface area contributed by atoms with E-state index in [0.29, 0.717) is 18.4 Å². The molecule has 11 nitrogen and oxygen atoms in total. The van der Waals surface area contributed by atoms with Crippen LogP contribution in [-0.2, 0) is 21.0 Å². The molecular formula is C31H32F3N7O4S. The molecular weight excluding hydrogens is 623 g/mol. The molecule has 0 fully saturated rings. The van der Waals surface area contributed by atoms with Crippen molar-refractivity contribution in [3.05, 3.63) is 102 Å². The molecule has 0 saturated heterocycles. The van der Waals surface area contributed by atoms with Crippen molar-refractivity contribution in [3.63, 3.8) is 0 Å². The number of nitrogens with one attached hydrogen (secondary N) is 2. The fourth-order valence-corrected chi connectivity index (χ4v) is 5.46. The molecule has 242 valence electrons. The summed E-state index contributed by atoms with van der Waals surface area (Å²) in [5, 5.41) is 6.30. The summed E-state index contributed by atoms with van der Waals surface area (Å²) in [6.07, 6.45) is -3.78. The van der Waals surface area contributed by atoms with Gasteiger partial charge in [0.1, 0.15) is 6.04 Å². The molecule has 0 radical (unpaired) electrons. The van der Waals surface area contributed by atoms with Gasteiger partial charge in [-0.1, -0.05) is 48.0 Å². The zero-order valence-electron chi connectivity index (χ0n) is 24.7. The van der Waals surface area contributed by atoms with Gasteiger partial charge in [0.05, 0.1) is 16.3 Å². The second-order valence-electron chi connectivity index (χ2n) is 10.3. The lowest BCUT2D eigenvalue weighted by molar-refractivity contribution is -0.141. The summed E-state index contributed by atoms with van der Waals surface area (Å²) in [7, 11) is -4.45. The van der Waals surface area contributed by atoms with Gasteiger partial charge in [-0.2, -0.15) is 18.3 Å². The van der Waals surface area contributed by atoms with Crippen LogP contribution in [-0.4, -0.2) is 48.6 Å². The molecule has 0 aliphatic heterocycles. The van der Waals surface area contributed by atoms with Gasteiger partial charge in [-0.05, 0) is 68.7 Å². The first-order valence-electron chi connectivity index (χ1n) is 14.1. The van der Waals surface area contributed by atoms with Crippen LogP contribution < -0.4 is 21.5 Å². The van der Waals surface area contributed by atoms with Crippen LogP contribution in [0, 0.1) is 6.92 Å². The van der Waals surface area contributed by atoms with Gasteiger partial charge < -0.3 is 16.8 Å². The average molecular weight is 656 g/mol. The summed E-state index contributed by atoms with van der Waals surface area (Å²) in [6.45, 7) is 2.12. The third kappa shape index (κ3) is 8.72. The van der Waals surface area contributed by atoms with Crippen molar-refractivity contribution in [2.45, 2.75) is 43.3 Å². The number of benzene rings is 3. The van der Waals surface area contributed by atoms with E-state index in [1.54, 1.807) is 54.6 Å². The summed E-state index contributed by atoms with van der Waals surface area (Å²) < 4.78 is 70.2. The number of hydrogen-bond acceptors (Lipinski definition) is 6. The standard InChI is InChI=1S/C31H32F3N7O4S/c1-20-10-12-21(13-11-20)26-19-27(31(32,33)34)39-41(26)23-14-16-24(17-15-23)46(44,45)40-29(43)25(9-5-6-18-37-30(35)36)38-28(42)22-7-3-2-4-8-22/h2-4,7-8,10-17,19,25H,5-6,9,18H2,1H3,(H,38,42)(H,40,43)(H4,35,36,37)/t25-/m0/s1. The van der Waals surface area contributed by atoms with Crippen LogP contribution in [0.1, 0.15) is 40.9 Å². The van der Waals surface area contributed by atoms with E-state index in [4.69, 9.17) is 11.5 Å². The number of nitrogens with zero attached hydrogens (tertiary/aromatic N) is 3. The molecule has 0 unspecified atom stereocenters. The Balaban J connectivity index is 1.55. The van der Waals surface area contributed by atoms with Crippen LogP contribution in [0.5, 0.6) is 0 Å². The number of carbonyl (C=O) groups excluding carboxylic acids is 2. The van der Waals surface area contributed by atoms with E-state index in [-0.39, 0.29) is 40.8 Å². The Morgan fingerprint density at radius 3 is 2.22 bits per heavy atom. The number of aliphatic imine (C=N–C) groups is 1. The van der Waals surface area contributed by atoms with Gasteiger partial charge in [0.15, 0.2) is 11.7 Å². The second-order valence-corrected chi connectivity index (χ2v) is 12.0. The third-order valence-electron chi connectivity index (χ3n) is 6.83. The quantitative estimate of drug-likeness (QED) is 0.102. The van der Waals surface area contributed by atoms with Crippen LogP contribution in [0.15, 0.2) is 94.8 Å². The molecule has 46 heavy (non-hydrogen) atoms. The van der Waals surface area contributed by atoms with Gasteiger partial charge in [-0.3, -0.25) is 14.6 Å². The molecule has 0 aliphatic rings. The molecule has 0 bridgehead atoms. The minimum atomic E-state index is -4.71. The fourth-order valence-electron chi connectivity index (χ4n) is 4.44. The number of halogens is 3. The molecule has 0 spiro atoms. The number of nitrogens with two attached hydrogens (primary N) is 2. The van der Waals surface area contributed by atoms with Gasteiger partial charge in [0.2, 0.25) is 0 Å². The Bertz CT molecular complexity index is 1800.